The van der Waals surface area contributed by atoms with E-state index in [4.69, 9.17) is 4.74 Å². The number of hydrogen-bond acceptors (Lipinski definition) is 5. The molecule has 2 heterocycles. The maximum absolute atomic E-state index is 12.8. The molecule has 1 atom stereocenters. The van der Waals surface area contributed by atoms with Crippen LogP contribution in [0, 0.1) is 11.8 Å². The molecular weight excluding hydrogens is 450 g/mol. The highest BCUT2D eigenvalue weighted by Crippen LogP contribution is 2.23. The summed E-state index contributed by atoms with van der Waals surface area (Å²) in [7, 11) is 0. The second-order valence-corrected chi connectivity index (χ2v) is 10.1. The number of carbonyl (C=O) groups is 4. The van der Waals surface area contributed by atoms with Gasteiger partial charge in [0.05, 0.1) is 17.2 Å². The molecule has 0 spiro atoms. The third kappa shape index (κ3) is 7.56. The number of hydrogen-bond donors (Lipinski definition) is 2. The molecule has 1 aromatic rings. The van der Waals surface area contributed by atoms with Gasteiger partial charge in [-0.25, -0.2) is 9.59 Å². The highest BCUT2D eigenvalue weighted by Gasteiger charge is 2.29. The number of benzene rings is 1. The summed E-state index contributed by atoms with van der Waals surface area (Å²) in [6.07, 6.45) is 6.04. The molecule has 0 aromatic heterocycles. The maximum atomic E-state index is 12.8. The first kappa shape index (κ1) is 26.2. The van der Waals surface area contributed by atoms with E-state index in [9.17, 15) is 24.3 Å². The summed E-state index contributed by atoms with van der Waals surface area (Å²) in [5.74, 6) is -1.73. The van der Waals surface area contributed by atoms with Crippen molar-refractivity contribution in [2.24, 2.45) is 11.8 Å². The zero-order chi connectivity index (χ0) is 25.6. The monoisotopic (exact) mass is 485 g/mol. The number of ether oxygens (including phenoxy) is 1. The molecule has 0 saturated carbocycles. The average molecular weight is 486 g/mol. The summed E-state index contributed by atoms with van der Waals surface area (Å²) in [6.45, 7) is 7.57. The fourth-order valence-electron chi connectivity index (χ4n) is 4.33. The molecule has 35 heavy (non-hydrogen) atoms. The van der Waals surface area contributed by atoms with Crippen LogP contribution in [0.3, 0.4) is 0 Å². The average Bonchev–Trinajstić information content (AvgIpc) is 2.82. The third-order valence-electron chi connectivity index (χ3n) is 6.22. The van der Waals surface area contributed by atoms with Crippen LogP contribution in [0.4, 0.5) is 10.5 Å². The molecule has 2 aliphatic heterocycles. The first-order valence-electron chi connectivity index (χ1n) is 12.1. The molecular formula is C26H35N3O6. The number of allylic oxidation sites excluding steroid dienone is 1. The van der Waals surface area contributed by atoms with E-state index in [0.717, 1.165) is 12.8 Å². The Kier molecular flexibility index (Phi) is 8.53. The van der Waals surface area contributed by atoms with Gasteiger partial charge in [-0.05, 0) is 70.6 Å². The van der Waals surface area contributed by atoms with E-state index < -0.39 is 17.5 Å². The summed E-state index contributed by atoms with van der Waals surface area (Å²) in [5, 5.41) is 12.0. The number of aromatic carboxylic acids is 1. The van der Waals surface area contributed by atoms with Crippen LogP contribution < -0.4 is 5.32 Å². The van der Waals surface area contributed by atoms with Crippen LogP contribution >= 0.6 is 0 Å². The molecule has 3 amide bonds. The third-order valence-corrected chi connectivity index (χ3v) is 6.22. The Morgan fingerprint density at radius 3 is 2.37 bits per heavy atom. The van der Waals surface area contributed by atoms with E-state index in [-0.39, 0.29) is 35.1 Å². The van der Waals surface area contributed by atoms with Gasteiger partial charge >= 0.3 is 12.1 Å². The van der Waals surface area contributed by atoms with Crippen molar-refractivity contribution in [1.29, 1.82) is 0 Å². The second kappa shape index (κ2) is 11.4. The van der Waals surface area contributed by atoms with Gasteiger partial charge in [0.2, 0.25) is 11.8 Å². The molecule has 0 aliphatic carbocycles. The van der Waals surface area contributed by atoms with E-state index in [1.165, 1.54) is 6.07 Å². The van der Waals surface area contributed by atoms with Crippen molar-refractivity contribution in [2.75, 3.05) is 31.5 Å². The van der Waals surface area contributed by atoms with Crippen LogP contribution in [0.25, 0.3) is 0 Å². The summed E-state index contributed by atoms with van der Waals surface area (Å²) in [4.78, 5) is 52.5. The number of likely N-dealkylation sites (tertiary alicyclic amines) is 2. The minimum absolute atomic E-state index is 0.0326. The molecule has 3 rings (SSSR count). The van der Waals surface area contributed by atoms with Crippen LogP contribution in [-0.2, 0) is 14.3 Å². The molecule has 0 unspecified atom stereocenters. The number of para-hydroxylation sites is 1. The SMILES string of the molecule is CC(C)(C)OC(=O)N1CCC(/C=C/C(=O)N2CCC[C@@H](C(=O)Nc3ccccc3C(=O)O)C2)CC1. The van der Waals surface area contributed by atoms with Gasteiger partial charge in [-0.1, -0.05) is 18.2 Å². The predicted octanol–water partition coefficient (Wildman–Crippen LogP) is 3.77. The largest absolute Gasteiger partial charge is 0.478 e. The fraction of sp³-hybridized carbons (Fsp3) is 0.538. The van der Waals surface area contributed by atoms with Crippen molar-refractivity contribution >= 4 is 29.6 Å². The molecule has 0 bridgehead atoms. The lowest BCUT2D eigenvalue weighted by molar-refractivity contribution is -0.130. The molecule has 2 aliphatic rings. The number of carbonyl (C=O) groups excluding carboxylic acids is 3. The summed E-state index contributed by atoms with van der Waals surface area (Å²) >= 11 is 0. The highest BCUT2D eigenvalue weighted by atomic mass is 16.6. The Balaban J connectivity index is 1.49. The Hall–Kier alpha value is -3.36. The van der Waals surface area contributed by atoms with Crippen molar-refractivity contribution in [2.45, 2.75) is 52.1 Å². The number of carboxylic acids is 1. The van der Waals surface area contributed by atoms with Gasteiger partial charge in [0.1, 0.15) is 5.60 Å². The smallest absolute Gasteiger partial charge is 0.410 e. The number of piperidine rings is 2. The molecule has 9 heteroatoms. The molecule has 1 aromatic carbocycles. The molecule has 0 radical (unpaired) electrons. The molecule has 2 N–H and O–H groups in total. The lowest BCUT2D eigenvalue weighted by Crippen LogP contribution is -2.43. The standard InChI is InChI=1S/C26H35N3O6/c1-26(2,3)35-25(34)28-15-12-18(13-16-28)10-11-22(30)29-14-6-7-19(17-29)23(31)27-21-9-5-4-8-20(21)24(32)33/h4-5,8-11,18-19H,6-7,12-17H2,1-3H3,(H,27,31)(H,32,33)/b11-10+/t19-/m1/s1. The zero-order valence-electron chi connectivity index (χ0n) is 20.7. The van der Waals surface area contributed by atoms with Crippen molar-refractivity contribution < 1.29 is 29.0 Å². The molecule has 190 valence electrons. The number of amides is 3. The Bertz CT molecular complexity index is 976. The summed E-state index contributed by atoms with van der Waals surface area (Å²) < 4.78 is 5.42. The summed E-state index contributed by atoms with van der Waals surface area (Å²) in [5.41, 5.74) is -0.236. The Morgan fingerprint density at radius 1 is 1.03 bits per heavy atom. The highest BCUT2D eigenvalue weighted by molar-refractivity contribution is 6.01. The maximum Gasteiger partial charge on any atom is 0.410 e. The van der Waals surface area contributed by atoms with Crippen LogP contribution in [-0.4, -0.2) is 70.6 Å². The van der Waals surface area contributed by atoms with Crippen molar-refractivity contribution in [3.8, 4) is 0 Å². The minimum atomic E-state index is -1.11. The van der Waals surface area contributed by atoms with Crippen LogP contribution in [0.2, 0.25) is 0 Å². The quantitative estimate of drug-likeness (QED) is 0.614. The van der Waals surface area contributed by atoms with Crippen molar-refractivity contribution in [1.82, 2.24) is 9.80 Å². The van der Waals surface area contributed by atoms with E-state index in [1.807, 2.05) is 26.8 Å². The van der Waals surface area contributed by atoms with Crippen molar-refractivity contribution in [3.05, 3.63) is 42.0 Å². The van der Waals surface area contributed by atoms with Gasteiger partial charge in [0, 0.05) is 26.2 Å². The molecule has 9 nitrogen and oxygen atoms in total. The fourth-order valence-corrected chi connectivity index (χ4v) is 4.33. The number of nitrogens with one attached hydrogen (secondary N) is 1. The van der Waals surface area contributed by atoms with Crippen molar-refractivity contribution in [3.63, 3.8) is 0 Å². The molecule has 2 fully saturated rings. The van der Waals surface area contributed by atoms with E-state index in [1.54, 1.807) is 34.1 Å². The number of rotatable bonds is 5. The van der Waals surface area contributed by atoms with Gasteiger partial charge in [-0.3, -0.25) is 9.59 Å². The Labute approximate surface area is 206 Å². The van der Waals surface area contributed by atoms with Crippen LogP contribution in [0.15, 0.2) is 36.4 Å². The first-order valence-corrected chi connectivity index (χ1v) is 12.1. The number of anilines is 1. The first-order chi connectivity index (χ1) is 16.5. The van der Waals surface area contributed by atoms with Crippen LogP contribution in [0.1, 0.15) is 56.8 Å². The summed E-state index contributed by atoms with van der Waals surface area (Å²) in [6, 6.07) is 6.27. The van der Waals surface area contributed by atoms with E-state index in [2.05, 4.69) is 5.32 Å². The lowest BCUT2D eigenvalue weighted by atomic mass is 9.95. The normalized spacial score (nSPS) is 19.5. The second-order valence-electron chi connectivity index (χ2n) is 10.1. The van der Waals surface area contributed by atoms with Crippen LogP contribution in [0.5, 0.6) is 0 Å². The van der Waals surface area contributed by atoms with Gasteiger partial charge < -0.3 is 25.0 Å². The Morgan fingerprint density at radius 2 is 1.71 bits per heavy atom. The van der Waals surface area contributed by atoms with Gasteiger partial charge in [-0.2, -0.15) is 0 Å². The van der Waals surface area contributed by atoms with Gasteiger partial charge in [0.15, 0.2) is 0 Å². The number of nitrogens with zero attached hydrogens (tertiary/aromatic N) is 2. The topological polar surface area (TPSA) is 116 Å². The lowest BCUT2D eigenvalue weighted by Gasteiger charge is -2.33. The zero-order valence-corrected chi connectivity index (χ0v) is 20.7. The predicted molar refractivity (Wildman–Crippen MR) is 131 cm³/mol. The van der Waals surface area contributed by atoms with Gasteiger partial charge in [-0.15, -0.1) is 0 Å². The number of carboxylic acid groups (broad SMARTS) is 1. The van der Waals surface area contributed by atoms with E-state index >= 15 is 0 Å². The molecule has 2 saturated heterocycles. The van der Waals surface area contributed by atoms with E-state index in [0.29, 0.717) is 39.0 Å². The van der Waals surface area contributed by atoms with Gasteiger partial charge in [0.25, 0.3) is 0 Å². The minimum Gasteiger partial charge on any atom is -0.478 e.